The molecule has 4 N–H and O–H groups in total. The molecule has 5 nitrogen and oxygen atoms in total. The van der Waals surface area contributed by atoms with Crippen LogP contribution in [0.2, 0.25) is 0 Å². The van der Waals surface area contributed by atoms with Crippen molar-refractivity contribution in [3.8, 4) is 0 Å². The lowest BCUT2D eigenvalue weighted by Crippen LogP contribution is -2.58. The monoisotopic (exact) mass is 244 g/mol. The summed E-state index contributed by atoms with van der Waals surface area (Å²) in [6, 6.07) is 0. The number of hydrogen-bond donors (Lipinski definition) is 3. The van der Waals surface area contributed by atoms with Gasteiger partial charge in [-0.1, -0.05) is 6.92 Å². The SMILES string of the molecule is CCC(C)(CN)C(=O)NC1(CO)CCOCC1. The average molecular weight is 244 g/mol. The molecule has 100 valence electrons. The van der Waals surface area contributed by atoms with Gasteiger partial charge in [0, 0.05) is 19.8 Å². The van der Waals surface area contributed by atoms with Crippen molar-refractivity contribution >= 4 is 5.91 Å². The van der Waals surface area contributed by atoms with Crippen LogP contribution in [0.4, 0.5) is 0 Å². The number of aliphatic hydroxyl groups excluding tert-OH is 1. The third-order valence-electron chi connectivity index (χ3n) is 3.91. The van der Waals surface area contributed by atoms with Gasteiger partial charge in [-0.2, -0.15) is 0 Å². The van der Waals surface area contributed by atoms with Gasteiger partial charge in [-0.3, -0.25) is 4.79 Å². The van der Waals surface area contributed by atoms with Gasteiger partial charge < -0.3 is 20.9 Å². The molecule has 0 aromatic heterocycles. The molecule has 1 aliphatic heterocycles. The van der Waals surface area contributed by atoms with Crippen molar-refractivity contribution < 1.29 is 14.6 Å². The fourth-order valence-corrected chi connectivity index (χ4v) is 1.87. The predicted octanol–water partition coefficient (Wildman–Crippen LogP) is 0.0191. The standard InChI is InChI=1S/C12H24N2O3/c1-3-11(2,8-13)10(16)14-12(9-15)4-6-17-7-5-12/h15H,3-9,13H2,1-2H3,(H,14,16). The van der Waals surface area contributed by atoms with Crippen LogP contribution in [0.5, 0.6) is 0 Å². The fourth-order valence-electron chi connectivity index (χ4n) is 1.87. The first-order valence-corrected chi connectivity index (χ1v) is 6.23. The quantitative estimate of drug-likeness (QED) is 0.636. The van der Waals surface area contributed by atoms with E-state index in [9.17, 15) is 9.90 Å². The Morgan fingerprint density at radius 2 is 2.12 bits per heavy atom. The predicted molar refractivity (Wildman–Crippen MR) is 65.5 cm³/mol. The Morgan fingerprint density at radius 3 is 2.53 bits per heavy atom. The van der Waals surface area contributed by atoms with Crippen molar-refractivity contribution in [2.45, 2.75) is 38.6 Å². The third kappa shape index (κ3) is 3.18. The minimum Gasteiger partial charge on any atom is -0.394 e. The van der Waals surface area contributed by atoms with Crippen molar-refractivity contribution in [3.05, 3.63) is 0 Å². The van der Waals surface area contributed by atoms with Crippen molar-refractivity contribution in [1.29, 1.82) is 0 Å². The van der Waals surface area contributed by atoms with E-state index in [0.29, 0.717) is 39.0 Å². The Morgan fingerprint density at radius 1 is 1.53 bits per heavy atom. The molecule has 0 aromatic carbocycles. The molecule has 17 heavy (non-hydrogen) atoms. The van der Waals surface area contributed by atoms with Gasteiger partial charge in [0.2, 0.25) is 5.91 Å². The van der Waals surface area contributed by atoms with Crippen LogP contribution >= 0.6 is 0 Å². The number of nitrogens with one attached hydrogen (secondary N) is 1. The van der Waals surface area contributed by atoms with Crippen molar-refractivity contribution in [2.24, 2.45) is 11.1 Å². The number of aliphatic hydroxyl groups is 1. The molecule has 0 bridgehead atoms. The molecule has 1 fully saturated rings. The van der Waals surface area contributed by atoms with Crippen LogP contribution in [0.1, 0.15) is 33.1 Å². The number of amides is 1. The summed E-state index contributed by atoms with van der Waals surface area (Å²) in [5.41, 5.74) is 4.58. The fraction of sp³-hybridized carbons (Fsp3) is 0.917. The highest BCUT2D eigenvalue weighted by Gasteiger charge is 2.38. The van der Waals surface area contributed by atoms with Crippen LogP contribution in [-0.2, 0) is 9.53 Å². The molecule has 0 saturated carbocycles. The van der Waals surface area contributed by atoms with Gasteiger partial charge in [0.1, 0.15) is 0 Å². The lowest BCUT2D eigenvalue weighted by Gasteiger charge is -2.39. The first-order valence-electron chi connectivity index (χ1n) is 6.23. The van der Waals surface area contributed by atoms with E-state index in [4.69, 9.17) is 10.5 Å². The van der Waals surface area contributed by atoms with E-state index in [2.05, 4.69) is 5.32 Å². The largest absolute Gasteiger partial charge is 0.394 e. The number of rotatable bonds is 5. The normalized spacial score (nSPS) is 22.8. The Bertz CT molecular complexity index is 258. The second kappa shape index (κ2) is 5.80. The average Bonchev–Trinajstić information content (AvgIpc) is 2.38. The summed E-state index contributed by atoms with van der Waals surface area (Å²) >= 11 is 0. The summed E-state index contributed by atoms with van der Waals surface area (Å²) in [6.45, 7) is 5.22. The molecule has 5 heteroatoms. The van der Waals surface area contributed by atoms with Crippen LogP contribution in [0.15, 0.2) is 0 Å². The maximum absolute atomic E-state index is 12.2. The topological polar surface area (TPSA) is 84.6 Å². The van der Waals surface area contributed by atoms with Gasteiger partial charge >= 0.3 is 0 Å². The molecule has 0 radical (unpaired) electrons. The van der Waals surface area contributed by atoms with Crippen molar-refractivity contribution in [3.63, 3.8) is 0 Å². The Hall–Kier alpha value is -0.650. The number of ether oxygens (including phenoxy) is 1. The summed E-state index contributed by atoms with van der Waals surface area (Å²) in [5.74, 6) is -0.0709. The van der Waals surface area contributed by atoms with Crippen LogP contribution in [0.3, 0.4) is 0 Å². The molecule has 1 rings (SSSR count). The summed E-state index contributed by atoms with van der Waals surface area (Å²) < 4.78 is 5.26. The smallest absolute Gasteiger partial charge is 0.227 e. The van der Waals surface area contributed by atoms with Crippen molar-refractivity contribution in [1.82, 2.24) is 5.32 Å². The molecule has 1 heterocycles. The number of hydrogen-bond acceptors (Lipinski definition) is 4. The second-order valence-corrected chi connectivity index (χ2v) is 5.12. The maximum Gasteiger partial charge on any atom is 0.227 e. The summed E-state index contributed by atoms with van der Waals surface area (Å²) in [7, 11) is 0. The number of carbonyl (C=O) groups excluding carboxylic acids is 1. The molecular formula is C12H24N2O3. The van der Waals surface area contributed by atoms with E-state index in [1.165, 1.54) is 0 Å². The second-order valence-electron chi connectivity index (χ2n) is 5.12. The zero-order chi connectivity index (χ0) is 12.9. The van der Waals surface area contributed by atoms with E-state index in [-0.39, 0.29) is 12.5 Å². The van der Waals surface area contributed by atoms with Crippen molar-refractivity contribution in [2.75, 3.05) is 26.4 Å². The van der Waals surface area contributed by atoms with Gasteiger partial charge in [-0.05, 0) is 26.2 Å². The zero-order valence-corrected chi connectivity index (χ0v) is 10.8. The highest BCUT2D eigenvalue weighted by atomic mass is 16.5. The molecule has 1 saturated heterocycles. The number of carbonyl (C=O) groups is 1. The van der Waals surface area contributed by atoms with E-state index in [1.807, 2.05) is 13.8 Å². The Balaban J connectivity index is 2.70. The third-order valence-corrected chi connectivity index (χ3v) is 3.91. The molecule has 1 aliphatic rings. The van der Waals surface area contributed by atoms with Gasteiger partial charge in [0.25, 0.3) is 0 Å². The van der Waals surface area contributed by atoms with Crippen LogP contribution in [0.25, 0.3) is 0 Å². The van der Waals surface area contributed by atoms with E-state index >= 15 is 0 Å². The molecule has 0 aromatic rings. The van der Waals surface area contributed by atoms with E-state index < -0.39 is 11.0 Å². The number of nitrogens with two attached hydrogens (primary N) is 1. The lowest BCUT2D eigenvalue weighted by molar-refractivity contribution is -0.134. The molecule has 0 spiro atoms. The summed E-state index contributed by atoms with van der Waals surface area (Å²) in [4.78, 5) is 12.2. The lowest BCUT2D eigenvalue weighted by atomic mass is 9.83. The molecule has 1 atom stereocenters. The Kier molecular flexibility index (Phi) is 4.91. The van der Waals surface area contributed by atoms with Gasteiger partial charge in [0.05, 0.1) is 17.6 Å². The first kappa shape index (κ1) is 14.4. The maximum atomic E-state index is 12.2. The first-order chi connectivity index (χ1) is 8.02. The minimum atomic E-state index is -0.555. The minimum absolute atomic E-state index is 0.0491. The van der Waals surface area contributed by atoms with Crippen LogP contribution < -0.4 is 11.1 Å². The molecule has 1 amide bonds. The highest BCUT2D eigenvalue weighted by Crippen LogP contribution is 2.25. The van der Waals surface area contributed by atoms with Gasteiger partial charge in [0.15, 0.2) is 0 Å². The van der Waals surface area contributed by atoms with E-state index in [1.54, 1.807) is 0 Å². The van der Waals surface area contributed by atoms with Gasteiger partial charge in [-0.15, -0.1) is 0 Å². The Labute approximate surface area is 103 Å². The molecule has 0 aliphatic carbocycles. The van der Waals surface area contributed by atoms with Crippen LogP contribution in [0, 0.1) is 5.41 Å². The molecule has 1 unspecified atom stereocenters. The van der Waals surface area contributed by atoms with Crippen LogP contribution in [-0.4, -0.2) is 42.9 Å². The summed E-state index contributed by atoms with van der Waals surface area (Å²) in [6.07, 6.45) is 1.99. The van der Waals surface area contributed by atoms with E-state index in [0.717, 1.165) is 0 Å². The van der Waals surface area contributed by atoms with Gasteiger partial charge in [-0.25, -0.2) is 0 Å². The zero-order valence-electron chi connectivity index (χ0n) is 10.8. The summed E-state index contributed by atoms with van der Waals surface area (Å²) in [5, 5.41) is 12.5. The highest BCUT2D eigenvalue weighted by molar-refractivity contribution is 5.83. The molecular weight excluding hydrogens is 220 g/mol.